The van der Waals surface area contributed by atoms with Crippen molar-refractivity contribution in [1.82, 2.24) is 0 Å². The maximum Gasteiger partial charge on any atom is 0.194 e. The average Bonchev–Trinajstić information content (AvgIpc) is 2.36. The van der Waals surface area contributed by atoms with Crippen molar-refractivity contribution in [2.75, 3.05) is 5.32 Å². The van der Waals surface area contributed by atoms with Crippen molar-refractivity contribution in [3.05, 3.63) is 63.9 Å². The fourth-order valence-electron chi connectivity index (χ4n) is 1.79. The molecule has 5 heteroatoms. The smallest absolute Gasteiger partial charge is 0.194 e. The highest BCUT2D eigenvalue weighted by Crippen LogP contribution is 2.27. The molecule has 2 aromatic carbocycles. The van der Waals surface area contributed by atoms with E-state index in [-0.39, 0.29) is 11.7 Å². The predicted octanol–water partition coefficient (Wildman–Crippen LogP) is 5.04. The minimum atomic E-state index is -1.46. The van der Waals surface area contributed by atoms with Crippen LogP contribution in [0.15, 0.2) is 40.9 Å². The lowest BCUT2D eigenvalue weighted by atomic mass is 10.1. The Morgan fingerprint density at radius 2 is 1.63 bits per heavy atom. The van der Waals surface area contributed by atoms with Gasteiger partial charge in [-0.3, -0.25) is 0 Å². The van der Waals surface area contributed by atoms with E-state index in [2.05, 4.69) is 21.2 Å². The molecule has 1 N–H and O–H groups in total. The highest BCUT2D eigenvalue weighted by atomic mass is 79.9. The van der Waals surface area contributed by atoms with Gasteiger partial charge in [-0.2, -0.15) is 0 Å². The van der Waals surface area contributed by atoms with Crippen LogP contribution in [0.2, 0.25) is 0 Å². The molecule has 1 atom stereocenters. The van der Waals surface area contributed by atoms with Crippen molar-refractivity contribution < 1.29 is 13.2 Å². The van der Waals surface area contributed by atoms with Gasteiger partial charge in [-0.25, -0.2) is 13.2 Å². The highest BCUT2D eigenvalue weighted by Gasteiger charge is 2.13. The molecule has 0 aliphatic carbocycles. The Balaban J connectivity index is 2.24. The van der Waals surface area contributed by atoms with Crippen molar-refractivity contribution in [1.29, 1.82) is 0 Å². The summed E-state index contributed by atoms with van der Waals surface area (Å²) in [6.45, 7) is 1.85. The van der Waals surface area contributed by atoms with Gasteiger partial charge >= 0.3 is 0 Å². The summed E-state index contributed by atoms with van der Waals surface area (Å²) in [7, 11) is 0. The Hall–Kier alpha value is -1.49. The van der Waals surface area contributed by atoms with Gasteiger partial charge < -0.3 is 5.32 Å². The van der Waals surface area contributed by atoms with Gasteiger partial charge in [-0.1, -0.05) is 34.1 Å². The molecule has 0 saturated carbocycles. The summed E-state index contributed by atoms with van der Waals surface area (Å²) < 4.78 is 40.0. The SMILES string of the molecule is CC(Nc1cc(F)c(F)c(F)c1)c1ccccc1Br. The predicted molar refractivity (Wildman–Crippen MR) is 72.5 cm³/mol. The number of hydrogen-bond acceptors (Lipinski definition) is 1. The van der Waals surface area contributed by atoms with E-state index >= 15 is 0 Å². The first-order valence-electron chi connectivity index (χ1n) is 5.64. The van der Waals surface area contributed by atoms with E-state index in [1.165, 1.54) is 0 Å². The Morgan fingerprint density at radius 1 is 1.05 bits per heavy atom. The number of benzene rings is 2. The summed E-state index contributed by atoms with van der Waals surface area (Å²) in [6, 6.07) is 9.19. The second-order valence-corrected chi connectivity index (χ2v) is 5.00. The van der Waals surface area contributed by atoms with Crippen molar-refractivity contribution in [3.8, 4) is 0 Å². The van der Waals surface area contributed by atoms with Crippen LogP contribution in [0, 0.1) is 17.5 Å². The number of nitrogens with one attached hydrogen (secondary N) is 1. The molecule has 0 spiro atoms. The van der Waals surface area contributed by atoms with Crippen LogP contribution in [0.1, 0.15) is 18.5 Å². The molecule has 0 saturated heterocycles. The molecule has 19 heavy (non-hydrogen) atoms. The number of rotatable bonds is 3. The third-order valence-corrected chi connectivity index (χ3v) is 3.46. The van der Waals surface area contributed by atoms with Gasteiger partial charge in [-0.15, -0.1) is 0 Å². The summed E-state index contributed by atoms with van der Waals surface area (Å²) in [4.78, 5) is 0. The summed E-state index contributed by atoms with van der Waals surface area (Å²) >= 11 is 3.40. The molecule has 0 aliphatic rings. The van der Waals surface area contributed by atoms with Crippen LogP contribution in [0.5, 0.6) is 0 Å². The number of halogens is 4. The second kappa shape index (κ2) is 5.65. The Labute approximate surface area is 117 Å². The Bertz CT molecular complexity index is 578. The summed E-state index contributed by atoms with van der Waals surface area (Å²) in [5, 5.41) is 2.93. The van der Waals surface area contributed by atoms with E-state index in [9.17, 15) is 13.2 Å². The fraction of sp³-hybridized carbons (Fsp3) is 0.143. The molecule has 1 unspecified atom stereocenters. The maximum absolute atomic E-state index is 13.1. The van der Waals surface area contributed by atoms with Gasteiger partial charge in [0.2, 0.25) is 0 Å². The molecule has 2 rings (SSSR count). The molecular formula is C14H11BrF3N. The van der Waals surface area contributed by atoms with Gasteiger partial charge in [-0.05, 0) is 18.6 Å². The minimum Gasteiger partial charge on any atom is -0.378 e. The molecular weight excluding hydrogens is 319 g/mol. The average molecular weight is 330 g/mol. The van der Waals surface area contributed by atoms with E-state index in [0.29, 0.717) is 0 Å². The zero-order valence-corrected chi connectivity index (χ0v) is 11.6. The van der Waals surface area contributed by atoms with E-state index < -0.39 is 17.5 Å². The van der Waals surface area contributed by atoms with E-state index in [4.69, 9.17) is 0 Å². The molecule has 1 nitrogen and oxygen atoms in total. The summed E-state index contributed by atoms with van der Waals surface area (Å²) in [5.74, 6) is -3.87. The fourth-order valence-corrected chi connectivity index (χ4v) is 2.42. The van der Waals surface area contributed by atoms with E-state index in [0.717, 1.165) is 22.2 Å². The third kappa shape index (κ3) is 3.10. The van der Waals surface area contributed by atoms with Gasteiger partial charge in [0.15, 0.2) is 17.5 Å². The quantitative estimate of drug-likeness (QED) is 0.778. The number of hydrogen-bond donors (Lipinski definition) is 1. The topological polar surface area (TPSA) is 12.0 Å². The van der Waals surface area contributed by atoms with Gasteiger partial charge in [0.05, 0.1) is 0 Å². The first-order chi connectivity index (χ1) is 8.99. The normalized spacial score (nSPS) is 12.3. The zero-order chi connectivity index (χ0) is 14.0. The Kier molecular flexibility index (Phi) is 4.14. The maximum atomic E-state index is 13.1. The van der Waals surface area contributed by atoms with Crippen molar-refractivity contribution >= 4 is 21.6 Å². The molecule has 0 aromatic heterocycles. The molecule has 0 fully saturated rings. The van der Waals surface area contributed by atoms with Crippen LogP contribution in [-0.2, 0) is 0 Å². The molecule has 100 valence electrons. The van der Waals surface area contributed by atoms with E-state index in [1.807, 2.05) is 31.2 Å². The molecule has 2 aromatic rings. The van der Waals surface area contributed by atoms with Gasteiger partial charge in [0.25, 0.3) is 0 Å². The zero-order valence-electron chi connectivity index (χ0n) is 10.1. The highest BCUT2D eigenvalue weighted by molar-refractivity contribution is 9.10. The lowest BCUT2D eigenvalue weighted by Crippen LogP contribution is -2.08. The van der Waals surface area contributed by atoms with Crippen molar-refractivity contribution in [3.63, 3.8) is 0 Å². The van der Waals surface area contributed by atoms with Crippen molar-refractivity contribution in [2.45, 2.75) is 13.0 Å². The lowest BCUT2D eigenvalue weighted by Gasteiger charge is -2.17. The second-order valence-electron chi connectivity index (χ2n) is 4.14. The number of anilines is 1. The third-order valence-electron chi connectivity index (χ3n) is 2.74. The molecule has 0 amide bonds. The van der Waals surface area contributed by atoms with Crippen LogP contribution in [0.3, 0.4) is 0 Å². The van der Waals surface area contributed by atoms with Crippen LogP contribution in [-0.4, -0.2) is 0 Å². The van der Waals surface area contributed by atoms with Crippen LogP contribution in [0.25, 0.3) is 0 Å². The van der Waals surface area contributed by atoms with Crippen LogP contribution in [0.4, 0.5) is 18.9 Å². The summed E-state index contributed by atoms with van der Waals surface area (Å²) in [6.07, 6.45) is 0. The van der Waals surface area contributed by atoms with E-state index in [1.54, 1.807) is 0 Å². The van der Waals surface area contributed by atoms with Crippen LogP contribution >= 0.6 is 15.9 Å². The first kappa shape index (κ1) is 13.9. The standard InChI is InChI=1S/C14H11BrF3N/c1-8(10-4-2-3-5-11(10)15)19-9-6-12(16)14(18)13(17)7-9/h2-8,19H,1H3. The molecule has 0 bridgehead atoms. The minimum absolute atomic E-state index is 0.181. The van der Waals surface area contributed by atoms with Crippen molar-refractivity contribution in [2.24, 2.45) is 0 Å². The van der Waals surface area contributed by atoms with Crippen LogP contribution < -0.4 is 5.32 Å². The largest absolute Gasteiger partial charge is 0.378 e. The lowest BCUT2D eigenvalue weighted by molar-refractivity contribution is 0.447. The molecule has 0 aliphatic heterocycles. The Morgan fingerprint density at radius 3 is 2.21 bits per heavy atom. The van der Waals surface area contributed by atoms with Gasteiger partial charge in [0.1, 0.15) is 0 Å². The summed E-state index contributed by atoms with van der Waals surface area (Å²) in [5.41, 5.74) is 1.13. The van der Waals surface area contributed by atoms with Gasteiger partial charge in [0, 0.05) is 28.3 Å². The first-order valence-corrected chi connectivity index (χ1v) is 6.44. The monoisotopic (exact) mass is 329 g/mol. The molecule has 0 heterocycles. The molecule has 0 radical (unpaired) electrons.